The van der Waals surface area contributed by atoms with E-state index in [0.717, 1.165) is 10.1 Å². The molecule has 0 saturated carbocycles. The molecule has 0 atom stereocenters. The number of carbonyl (C=O) groups excluding carboxylic acids is 1. The maximum Gasteiger partial charge on any atom is 0.332 e. The van der Waals surface area contributed by atoms with E-state index in [4.69, 9.17) is 9.47 Å². The minimum atomic E-state index is -0.669. The monoisotopic (exact) mass is 447 g/mol. The van der Waals surface area contributed by atoms with E-state index < -0.39 is 23.7 Å². The molecule has 4 aromatic rings. The van der Waals surface area contributed by atoms with Gasteiger partial charge in [0.1, 0.15) is 23.4 Å². The standard InChI is InChI=1S/C23H21N5O5/c1-27-21-16(12-24-20(26-21)14-7-5-4-6-8-14)22(30)28(23(27)31)13-19(29)25-17-11-15(32-2)9-10-18(17)33-3/h4-12H,13H2,1-3H3,(H,25,29). The van der Waals surface area contributed by atoms with E-state index in [1.165, 1.54) is 32.0 Å². The number of benzene rings is 2. The first-order valence-corrected chi connectivity index (χ1v) is 9.96. The zero-order valence-electron chi connectivity index (χ0n) is 18.2. The van der Waals surface area contributed by atoms with Gasteiger partial charge in [-0.05, 0) is 12.1 Å². The Labute approximate surface area is 188 Å². The minimum Gasteiger partial charge on any atom is -0.497 e. The Kier molecular flexibility index (Phi) is 5.90. The van der Waals surface area contributed by atoms with Crippen molar-refractivity contribution in [3.05, 3.63) is 75.6 Å². The van der Waals surface area contributed by atoms with Gasteiger partial charge in [-0.3, -0.25) is 18.7 Å². The van der Waals surface area contributed by atoms with Crippen molar-refractivity contribution < 1.29 is 14.3 Å². The molecule has 2 heterocycles. The molecule has 0 saturated heterocycles. The van der Waals surface area contributed by atoms with Crippen molar-refractivity contribution in [2.24, 2.45) is 7.05 Å². The van der Waals surface area contributed by atoms with Gasteiger partial charge in [0.2, 0.25) is 5.91 Å². The average molecular weight is 447 g/mol. The maximum atomic E-state index is 13.0. The predicted molar refractivity (Wildman–Crippen MR) is 123 cm³/mol. The Balaban J connectivity index is 1.70. The summed E-state index contributed by atoms with van der Waals surface area (Å²) in [6, 6.07) is 14.1. The molecule has 0 fully saturated rings. The number of amides is 1. The fraction of sp³-hybridized carbons (Fsp3) is 0.174. The highest BCUT2D eigenvalue weighted by molar-refractivity contribution is 5.92. The summed E-state index contributed by atoms with van der Waals surface area (Å²) in [5.74, 6) is 0.723. The second-order valence-electron chi connectivity index (χ2n) is 7.14. The number of fused-ring (bicyclic) bond motifs is 1. The van der Waals surface area contributed by atoms with E-state index in [9.17, 15) is 14.4 Å². The normalized spacial score (nSPS) is 10.8. The number of nitrogens with one attached hydrogen (secondary N) is 1. The smallest absolute Gasteiger partial charge is 0.332 e. The van der Waals surface area contributed by atoms with Crippen LogP contribution in [0.2, 0.25) is 0 Å². The van der Waals surface area contributed by atoms with Crippen LogP contribution in [0.4, 0.5) is 5.69 Å². The molecule has 0 aliphatic carbocycles. The Morgan fingerprint density at radius 3 is 2.52 bits per heavy atom. The summed E-state index contributed by atoms with van der Waals surface area (Å²) in [5, 5.41) is 2.78. The van der Waals surface area contributed by atoms with Gasteiger partial charge in [0, 0.05) is 24.9 Å². The van der Waals surface area contributed by atoms with Crippen LogP contribution in [-0.2, 0) is 18.4 Å². The number of hydrogen-bond acceptors (Lipinski definition) is 7. The summed E-state index contributed by atoms with van der Waals surface area (Å²) < 4.78 is 12.5. The van der Waals surface area contributed by atoms with Gasteiger partial charge in [0.15, 0.2) is 11.5 Å². The second kappa shape index (κ2) is 8.95. The summed E-state index contributed by atoms with van der Waals surface area (Å²) in [5.41, 5.74) is -0.0330. The Hall–Kier alpha value is -4.47. The predicted octanol–water partition coefficient (Wildman–Crippen LogP) is 1.81. The number of ether oxygens (including phenoxy) is 2. The van der Waals surface area contributed by atoms with Crippen LogP contribution in [0, 0.1) is 0 Å². The Morgan fingerprint density at radius 1 is 1.06 bits per heavy atom. The van der Waals surface area contributed by atoms with Gasteiger partial charge in [-0.2, -0.15) is 0 Å². The second-order valence-corrected chi connectivity index (χ2v) is 7.14. The lowest BCUT2D eigenvalue weighted by atomic mass is 10.2. The van der Waals surface area contributed by atoms with E-state index in [0.29, 0.717) is 23.0 Å². The SMILES string of the molecule is COc1ccc(OC)c(NC(=O)Cn2c(=O)c3cnc(-c4ccccc4)nc3n(C)c2=O)c1. The molecular formula is C23H21N5O5. The Morgan fingerprint density at radius 2 is 1.82 bits per heavy atom. The number of carbonyl (C=O) groups is 1. The molecule has 33 heavy (non-hydrogen) atoms. The molecule has 168 valence electrons. The lowest BCUT2D eigenvalue weighted by Crippen LogP contribution is -2.42. The summed E-state index contributed by atoms with van der Waals surface area (Å²) >= 11 is 0. The van der Waals surface area contributed by atoms with Gasteiger partial charge in [0.05, 0.1) is 19.9 Å². The molecule has 1 N–H and O–H groups in total. The largest absolute Gasteiger partial charge is 0.497 e. The van der Waals surface area contributed by atoms with Crippen LogP contribution >= 0.6 is 0 Å². The number of methoxy groups -OCH3 is 2. The van der Waals surface area contributed by atoms with Crippen LogP contribution < -0.4 is 26.0 Å². The average Bonchev–Trinajstić information content (AvgIpc) is 2.85. The number of rotatable bonds is 6. The van der Waals surface area contributed by atoms with Crippen LogP contribution in [0.15, 0.2) is 64.3 Å². The van der Waals surface area contributed by atoms with Gasteiger partial charge >= 0.3 is 5.69 Å². The number of aromatic nitrogens is 4. The van der Waals surface area contributed by atoms with E-state index >= 15 is 0 Å². The zero-order valence-corrected chi connectivity index (χ0v) is 18.2. The van der Waals surface area contributed by atoms with Crippen molar-refractivity contribution in [1.82, 2.24) is 19.1 Å². The third-order valence-electron chi connectivity index (χ3n) is 5.09. The third kappa shape index (κ3) is 4.18. The van der Waals surface area contributed by atoms with Gasteiger partial charge in [-0.1, -0.05) is 30.3 Å². The highest BCUT2D eigenvalue weighted by atomic mass is 16.5. The molecule has 10 nitrogen and oxygen atoms in total. The number of nitrogens with zero attached hydrogens (tertiary/aromatic N) is 4. The summed E-state index contributed by atoms with van der Waals surface area (Å²) in [7, 11) is 4.45. The number of hydrogen-bond donors (Lipinski definition) is 1. The van der Waals surface area contributed by atoms with Crippen LogP contribution in [0.3, 0.4) is 0 Å². The van der Waals surface area contributed by atoms with Gasteiger partial charge in [0.25, 0.3) is 5.56 Å². The van der Waals surface area contributed by atoms with Crippen LogP contribution in [-0.4, -0.2) is 39.2 Å². The molecule has 4 rings (SSSR count). The van der Waals surface area contributed by atoms with Crippen LogP contribution in [0.1, 0.15) is 0 Å². The minimum absolute atomic E-state index is 0.128. The van der Waals surface area contributed by atoms with E-state index in [1.54, 1.807) is 18.2 Å². The first kappa shape index (κ1) is 21.8. The molecule has 10 heteroatoms. The molecule has 0 aliphatic rings. The van der Waals surface area contributed by atoms with Crippen molar-refractivity contribution in [2.45, 2.75) is 6.54 Å². The van der Waals surface area contributed by atoms with Gasteiger partial charge < -0.3 is 14.8 Å². The fourth-order valence-electron chi connectivity index (χ4n) is 3.39. The highest BCUT2D eigenvalue weighted by Gasteiger charge is 2.17. The van der Waals surface area contributed by atoms with E-state index in [-0.39, 0.29) is 11.0 Å². The fourth-order valence-corrected chi connectivity index (χ4v) is 3.39. The molecule has 0 unspecified atom stereocenters. The number of aryl methyl sites for hydroxylation is 1. The zero-order chi connectivity index (χ0) is 23.5. The molecule has 0 radical (unpaired) electrons. The van der Waals surface area contributed by atoms with E-state index in [2.05, 4.69) is 15.3 Å². The first-order chi connectivity index (χ1) is 15.9. The van der Waals surface area contributed by atoms with Gasteiger partial charge in [-0.25, -0.2) is 14.8 Å². The van der Waals surface area contributed by atoms with Crippen molar-refractivity contribution in [1.29, 1.82) is 0 Å². The quantitative estimate of drug-likeness (QED) is 0.479. The molecule has 0 bridgehead atoms. The molecule has 0 spiro atoms. The highest BCUT2D eigenvalue weighted by Crippen LogP contribution is 2.28. The van der Waals surface area contributed by atoms with Crippen LogP contribution in [0.25, 0.3) is 22.4 Å². The Bertz CT molecular complexity index is 1460. The molecule has 0 aliphatic heterocycles. The van der Waals surface area contributed by atoms with Gasteiger partial charge in [-0.15, -0.1) is 0 Å². The van der Waals surface area contributed by atoms with Crippen molar-refractivity contribution in [2.75, 3.05) is 19.5 Å². The summed E-state index contributed by atoms with van der Waals surface area (Å²) in [6.07, 6.45) is 1.37. The summed E-state index contributed by atoms with van der Waals surface area (Å²) in [6.45, 7) is -0.498. The molecule has 2 aromatic heterocycles. The van der Waals surface area contributed by atoms with Crippen LogP contribution in [0.5, 0.6) is 11.5 Å². The van der Waals surface area contributed by atoms with Crippen molar-refractivity contribution in [3.63, 3.8) is 0 Å². The molecular weight excluding hydrogens is 426 g/mol. The number of anilines is 1. The lowest BCUT2D eigenvalue weighted by Gasteiger charge is -2.13. The topological polar surface area (TPSA) is 117 Å². The maximum absolute atomic E-state index is 13.0. The molecule has 2 aromatic carbocycles. The molecule has 1 amide bonds. The third-order valence-corrected chi connectivity index (χ3v) is 5.09. The summed E-state index contributed by atoms with van der Waals surface area (Å²) in [4.78, 5) is 47.3. The first-order valence-electron chi connectivity index (χ1n) is 9.96. The van der Waals surface area contributed by atoms with Crippen molar-refractivity contribution in [3.8, 4) is 22.9 Å². The van der Waals surface area contributed by atoms with Crippen molar-refractivity contribution >= 4 is 22.6 Å². The lowest BCUT2D eigenvalue weighted by molar-refractivity contribution is -0.116. The van der Waals surface area contributed by atoms with E-state index in [1.807, 2.05) is 30.3 Å².